The number of esters is 1. The molecule has 27 heavy (non-hydrogen) atoms. The second-order valence-corrected chi connectivity index (χ2v) is 5.46. The number of nitrogens with one attached hydrogen (secondary N) is 3. The van der Waals surface area contributed by atoms with Crippen molar-refractivity contribution >= 4 is 29.4 Å². The van der Waals surface area contributed by atoms with Gasteiger partial charge < -0.3 is 10.1 Å². The largest absolute Gasteiger partial charge is 0.465 e. The number of methoxy groups -OCH3 is 1. The van der Waals surface area contributed by atoms with Gasteiger partial charge in [0.15, 0.2) is 0 Å². The van der Waals surface area contributed by atoms with Crippen molar-refractivity contribution in [1.29, 1.82) is 0 Å². The molecule has 0 aliphatic heterocycles. The van der Waals surface area contributed by atoms with Gasteiger partial charge in [-0.2, -0.15) is 0 Å². The van der Waals surface area contributed by atoms with Gasteiger partial charge >= 0.3 is 5.97 Å². The first-order valence-electron chi connectivity index (χ1n) is 8.13. The number of rotatable bonds is 5. The minimum atomic E-state index is -0.582. The van der Waals surface area contributed by atoms with E-state index in [1.807, 2.05) is 0 Å². The summed E-state index contributed by atoms with van der Waals surface area (Å²) in [4.78, 5) is 47.1. The van der Waals surface area contributed by atoms with E-state index in [4.69, 9.17) is 0 Å². The predicted molar refractivity (Wildman–Crippen MR) is 98.1 cm³/mol. The second-order valence-electron chi connectivity index (χ2n) is 5.46. The van der Waals surface area contributed by atoms with E-state index in [1.165, 1.54) is 43.5 Å². The zero-order valence-electron chi connectivity index (χ0n) is 14.9. The highest BCUT2D eigenvalue weighted by Gasteiger charge is 2.12. The lowest BCUT2D eigenvalue weighted by atomic mass is 10.1. The third-order valence-corrected chi connectivity index (χ3v) is 3.59. The van der Waals surface area contributed by atoms with Crippen molar-refractivity contribution in [2.75, 3.05) is 12.4 Å². The molecule has 0 aromatic heterocycles. The van der Waals surface area contributed by atoms with Crippen molar-refractivity contribution in [3.8, 4) is 0 Å². The zero-order chi connectivity index (χ0) is 19.8. The van der Waals surface area contributed by atoms with Gasteiger partial charge in [-0.05, 0) is 42.5 Å². The Morgan fingerprint density at radius 3 is 2.04 bits per heavy atom. The first kappa shape index (κ1) is 19.6. The molecule has 8 heteroatoms. The number of hydrogen-bond donors (Lipinski definition) is 3. The van der Waals surface area contributed by atoms with Crippen molar-refractivity contribution in [3.05, 3.63) is 65.2 Å². The quantitative estimate of drug-likeness (QED) is 0.550. The Hall–Kier alpha value is -3.68. The SMILES string of the molecule is CCC(=O)Nc1ccc(C(=O)NNC(=O)c2cccc(C(=O)OC)c2)cc1. The van der Waals surface area contributed by atoms with Crippen LogP contribution < -0.4 is 16.2 Å². The lowest BCUT2D eigenvalue weighted by Crippen LogP contribution is -2.41. The Kier molecular flexibility index (Phi) is 6.65. The maximum absolute atomic E-state index is 12.1. The lowest BCUT2D eigenvalue weighted by Gasteiger charge is -2.09. The fourth-order valence-electron chi connectivity index (χ4n) is 2.12. The van der Waals surface area contributed by atoms with E-state index in [0.29, 0.717) is 17.7 Å². The predicted octanol–water partition coefficient (Wildman–Crippen LogP) is 1.90. The summed E-state index contributed by atoms with van der Waals surface area (Å²) in [5.41, 5.74) is 5.85. The molecular weight excluding hydrogens is 350 g/mol. The molecule has 0 saturated heterocycles. The highest BCUT2D eigenvalue weighted by molar-refractivity contribution is 6.01. The molecule has 0 atom stereocenters. The summed E-state index contributed by atoms with van der Waals surface area (Å²) in [5, 5.41) is 2.67. The average Bonchev–Trinajstić information content (AvgIpc) is 2.71. The van der Waals surface area contributed by atoms with E-state index in [0.717, 1.165) is 0 Å². The summed E-state index contributed by atoms with van der Waals surface area (Å²) in [7, 11) is 1.24. The van der Waals surface area contributed by atoms with Crippen molar-refractivity contribution in [2.24, 2.45) is 0 Å². The van der Waals surface area contributed by atoms with Crippen LogP contribution in [0.15, 0.2) is 48.5 Å². The number of benzene rings is 2. The van der Waals surface area contributed by atoms with Crippen LogP contribution in [-0.2, 0) is 9.53 Å². The number of hydrogen-bond acceptors (Lipinski definition) is 5. The first-order chi connectivity index (χ1) is 12.9. The minimum Gasteiger partial charge on any atom is -0.465 e. The van der Waals surface area contributed by atoms with Crippen LogP contribution in [0.1, 0.15) is 44.4 Å². The molecule has 2 rings (SSSR count). The molecule has 0 aliphatic carbocycles. The molecule has 0 unspecified atom stereocenters. The maximum atomic E-state index is 12.1. The topological polar surface area (TPSA) is 114 Å². The molecule has 3 amide bonds. The highest BCUT2D eigenvalue weighted by atomic mass is 16.5. The van der Waals surface area contributed by atoms with Crippen LogP contribution in [0, 0.1) is 0 Å². The van der Waals surface area contributed by atoms with Crippen LogP contribution >= 0.6 is 0 Å². The van der Waals surface area contributed by atoms with E-state index in [1.54, 1.807) is 19.1 Å². The Bertz CT molecular complexity index is 862. The van der Waals surface area contributed by atoms with Crippen LogP contribution in [0.3, 0.4) is 0 Å². The second kappa shape index (κ2) is 9.14. The van der Waals surface area contributed by atoms with Crippen LogP contribution in [0.2, 0.25) is 0 Å². The number of amides is 3. The molecule has 0 spiro atoms. The summed E-state index contributed by atoms with van der Waals surface area (Å²) in [6.07, 6.45) is 0.353. The number of carbonyl (C=O) groups excluding carboxylic acids is 4. The minimum absolute atomic E-state index is 0.131. The average molecular weight is 369 g/mol. The molecule has 2 aromatic rings. The number of ether oxygens (including phenoxy) is 1. The monoisotopic (exact) mass is 369 g/mol. The lowest BCUT2D eigenvalue weighted by molar-refractivity contribution is -0.115. The molecule has 2 aromatic carbocycles. The standard InChI is InChI=1S/C19H19N3O5/c1-3-16(23)20-15-9-7-12(8-10-15)17(24)21-22-18(25)13-5-4-6-14(11-13)19(26)27-2/h4-11H,3H2,1-2H3,(H,20,23)(H,21,24)(H,22,25). The molecule has 140 valence electrons. The Morgan fingerprint density at radius 2 is 1.44 bits per heavy atom. The van der Waals surface area contributed by atoms with Gasteiger partial charge in [0, 0.05) is 23.2 Å². The van der Waals surface area contributed by atoms with Crippen LogP contribution in [-0.4, -0.2) is 30.8 Å². The van der Waals surface area contributed by atoms with Gasteiger partial charge in [-0.15, -0.1) is 0 Å². The molecule has 0 bridgehead atoms. The number of hydrazine groups is 1. The van der Waals surface area contributed by atoms with E-state index < -0.39 is 17.8 Å². The van der Waals surface area contributed by atoms with E-state index in [9.17, 15) is 19.2 Å². The maximum Gasteiger partial charge on any atom is 0.337 e. The van der Waals surface area contributed by atoms with Gasteiger partial charge in [0.05, 0.1) is 12.7 Å². The van der Waals surface area contributed by atoms with Crippen molar-refractivity contribution in [2.45, 2.75) is 13.3 Å². The van der Waals surface area contributed by atoms with E-state index in [-0.39, 0.29) is 17.0 Å². The van der Waals surface area contributed by atoms with Crippen molar-refractivity contribution in [3.63, 3.8) is 0 Å². The van der Waals surface area contributed by atoms with Crippen LogP contribution in [0.5, 0.6) is 0 Å². The van der Waals surface area contributed by atoms with Crippen LogP contribution in [0.25, 0.3) is 0 Å². The third kappa shape index (κ3) is 5.40. The number of carbonyl (C=O) groups is 4. The van der Waals surface area contributed by atoms with Gasteiger partial charge in [0.25, 0.3) is 11.8 Å². The van der Waals surface area contributed by atoms with Gasteiger partial charge in [0.2, 0.25) is 5.91 Å². The van der Waals surface area contributed by atoms with Crippen molar-refractivity contribution < 1.29 is 23.9 Å². The molecule has 0 radical (unpaired) electrons. The smallest absolute Gasteiger partial charge is 0.337 e. The zero-order valence-corrected chi connectivity index (χ0v) is 14.9. The fraction of sp³-hybridized carbons (Fsp3) is 0.158. The Balaban J connectivity index is 1.96. The Labute approximate surface area is 155 Å². The highest BCUT2D eigenvalue weighted by Crippen LogP contribution is 2.10. The normalized spacial score (nSPS) is 9.85. The van der Waals surface area contributed by atoms with E-state index in [2.05, 4.69) is 20.9 Å². The fourth-order valence-corrected chi connectivity index (χ4v) is 2.12. The molecule has 0 aliphatic rings. The summed E-state index contributed by atoms with van der Waals surface area (Å²) in [6, 6.07) is 12.1. The van der Waals surface area contributed by atoms with Gasteiger partial charge in [-0.3, -0.25) is 25.2 Å². The molecule has 0 saturated carbocycles. The molecule has 0 heterocycles. The van der Waals surface area contributed by atoms with E-state index >= 15 is 0 Å². The third-order valence-electron chi connectivity index (χ3n) is 3.59. The van der Waals surface area contributed by atoms with Crippen molar-refractivity contribution in [1.82, 2.24) is 10.9 Å². The van der Waals surface area contributed by atoms with Crippen LogP contribution in [0.4, 0.5) is 5.69 Å². The summed E-state index contributed by atoms with van der Waals surface area (Å²) >= 11 is 0. The molecular formula is C19H19N3O5. The first-order valence-corrected chi connectivity index (χ1v) is 8.13. The molecule has 3 N–H and O–H groups in total. The van der Waals surface area contributed by atoms with Gasteiger partial charge in [0.1, 0.15) is 0 Å². The molecule has 8 nitrogen and oxygen atoms in total. The van der Waals surface area contributed by atoms with Gasteiger partial charge in [-0.1, -0.05) is 13.0 Å². The Morgan fingerprint density at radius 1 is 0.852 bits per heavy atom. The summed E-state index contributed by atoms with van der Waals surface area (Å²) < 4.78 is 4.60. The summed E-state index contributed by atoms with van der Waals surface area (Å²) in [6.45, 7) is 1.74. The molecule has 0 fully saturated rings. The number of anilines is 1. The summed E-state index contributed by atoms with van der Waals surface area (Å²) in [5.74, 6) is -1.81. The van der Waals surface area contributed by atoms with Gasteiger partial charge in [-0.25, -0.2) is 4.79 Å².